The molecule has 3 nitrogen and oxygen atoms in total. The summed E-state index contributed by atoms with van der Waals surface area (Å²) < 4.78 is 13.1. The van der Waals surface area contributed by atoms with Crippen molar-refractivity contribution in [3.63, 3.8) is 0 Å². The largest absolute Gasteiger partial charge is 0.322 e. The Morgan fingerprint density at radius 3 is 2.62 bits per heavy atom. The fraction of sp³-hybridized carbons (Fsp3) is 0.250. The summed E-state index contributed by atoms with van der Waals surface area (Å²) in [6.45, 7) is 4.04. The van der Waals surface area contributed by atoms with Crippen LogP contribution in [0.3, 0.4) is 0 Å². The van der Waals surface area contributed by atoms with Gasteiger partial charge in [-0.25, -0.2) is 9.38 Å². The van der Waals surface area contributed by atoms with E-state index in [2.05, 4.69) is 16.4 Å². The molecule has 4 rings (SSSR count). The Morgan fingerprint density at radius 2 is 1.86 bits per heavy atom. The number of fused-ring (bicyclic) bond motifs is 1. The zero-order valence-electron chi connectivity index (χ0n) is 16.6. The molecule has 29 heavy (non-hydrogen) atoms. The number of halogens is 1. The number of carbonyl (C=O) groups is 1. The highest BCUT2D eigenvalue weighted by atomic mass is 32.1. The molecule has 0 aliphatic heterocycles. The first-order valence-electron chi connectivity index (χ1n) is 9.84. The number of thiophene rings is 1. The van der Waals surface area contributed by atoms with Gasteiger partial charge in [0.2, 0.25) is 0 Å². The number of amides is 1. The lowest BCUT2D eigenvalue weighted by atomic mass is 9.95. The second kappa shape index (κ2) is 8.29. The standard InChI is InChI=1S/C24H23FN2OS/c1-15-7-12-20(16(2)13-15)27-23(28)22-19-5-3-4-6-21(19)29-24(22)26-14-17-8-10-18(25)11-9-17/h7-14H,3-6H2,1-2H3,(H,27,28)/b26-14+. The zero-order valence-corrected chi connectivity index (χ0v) is 17.4. The van der Waals surface area contributed by atoms with Crippen molar-refractivity contribution in [2.75, 3.05) is 5.32 Å². The highest BCUT2D eigenvalue weighted by Gasteiger charge is 2.25. The predicted molar refractivity (Wildman–Crippen MR) is 118 cm³/mol. The number of aryl methyl sites for hydroxylation is 3. The van der Waals surface area contributed by atoms with Crippen LogP contribution in [0, 0.1) is 19.7 Å². The van der Waals surface area contributed by atoms with Gasteiger partial charge in [0.05, 0.1) is 5.56 Å². The summed E-state index contributed by atoms with van der Waals surface area (Å²) in [4.78, 5) is 19.1. The Morgan fingerprint density at radius 1 is 1.10 bits per heavy atom. The molecule has 3 aromatic rings. The van der Waals surface area contributed by atoms with Crippen LogP contribution in [-0.2, 0) is 12.8 Å². The first-order chi connectivity index (χ1) is 14.0. The molecule has 0 spiro atoms. The van der Waals surface area contributed by atoms with Crippen LogP contribution in [0.5, 0.6) is 0 Å². The zero-order chi connectivity index (χ0) is 20.4. The second-order valence-corrected chi connectivity index (χ2v) is 8.56. The van der Waals surface area contributed by atoms with E-state index in [-0.39, 0.29) is 11.7 Å². The van der Waals surface area contributed by atoms with Crippen LogP contribution in [-0.4, -0.2) is 12.1 Å². The minimum atomic E-state index is -0.276. The average Bonchev–Trinajstić information content (AvgIpc) is 3.08. The first kappa shape index (κ1) is 19.5. The number of hydrogen-bond acceptors (Lipinski definition) is 3. The molecular formula is C24H23FN2OS. The van der Waals surface area contributed by atoms with E-state index in [1.807, 2.05) is 26.0 Å². The van der Waals surface area contributed by atoms with E-state index < -0.39 is 0 Å². The molecule has 2 aromatic carbocycles. The number of benzene rings is 2. The Kier molecular flexibility index (Phi) is 5.58. The molecule has 1 heterocycles. The molecule has 1 aliphatic carbocycles. The average molecular weight is 407 g/mol. The lowest BCUT2D eigenvalue weighted by molar-refractivity contribution is 0.102. The smallest absolute Gasteiger partial charge is 0.259 e. The van der Waals surface area contributed by atoms with Crippen LogP contribution in [0.1, 0.15) is 50.3 Å². The third-order valence-electron chi connectivity index (χ3n) is 5.21. The highest BCUT2D eigenvalue weighted by molar-refractivity contribution is 7.16. The first-order valence-corrected chi connectivity index (χ1v) is 10.7. The Hall–Kier alpha value is -2.79. The normalized spacial score (nSPS) is 13.5. The molecule has 0 unspecified atom stereocenters. The SMILES string of the molecule is Cc1ccc(NC(=O)c2c(/N=C/c3ccc(F)cc3)sc3c2CCCC3)c(C)c1. The quantitative estimate of drug-likeness (QED) is 0.502. The highest BCUT2D eigenvalue weighted by Crippen LogP contribution is 2.40. The molecular weight excluding hydrogens is 383 g/mol. The van der Waals surface area contributed by atoms with E-state index in [0.29, 0.717) is 5.56 Å². The fourth-order valence-corrected chi connectivity index (χ4v) is 4.93. The van der Waals surface area contributed by atoms with Crippen molar-refractivity contribution in [1.82, 2.24) is 0 Å². The second-order valence-electron chi connectivity index (χ2n) is 7.47. The maximum absolute atomic E-state index is 13.2. The summed E-state index contributed by atoms with van der Waals surface area (Å²) in [5, 5.41) is 3.81. The van der Waals surface area contributed by atoms with Gasteiger partial charge in [0, 0.05) is 16.8 Å². The molecule has 1 amide bonds. The van der Waals surface area contributed by atoms with Crippen molar-refractivity contribution < 1.29 is 9.18 Å². The molecule has 0 radical (unpaired) electrons. The minimum Gasteiger partial charge on any atom is -0.322 e. The molecule has 5 heteroatoms. The molecule has 1 N–H and O–H groups in total. The Labute approximate surface area is 174 Å². The summed E-state index contributed by atoms with van der Waals surface area (Å²) >= 11 is 1.60. The van der Waals surface area contributed by atoms with Gasteiger partial charge in [-0.05, 0) is 74.4 Å². The van der Waals surface area contributed by atoms with Gasteiger partial charge < -0.3 is 5.32 Å². The topological polar surface area (TPSA) is 41.5 Å². The van der Waals surface area contributed by atoms with Gasteiger partial charge in [0.15, 0.2) is 0 Å². The van der Waals surface area contributed by atoms with Crippen molar-refractivity contribution in [3.05, 3.63) is 81.0 Å². The summed E-state index contributed by atoms with van der Waals surface area (Å²) in [6.07, 6.45) is 5.84. The number of nitrogens with one attached hydrogen (secondary N) is 1. The summed E-state index contributed by atoms with van der Waals surface area (Å²) in [6, 6.07) is 12.2. The molecule has 1 aliphatic rings. The van der Waals surface area contributed by atoms with Crippen LogP contribution in [0.25, 0.3) is 0 Å². The maximum Gasteiger partial charge on any atom is 0.259 e. The third kappa shape index (κ3) is 4.30. The number of anilines is 1. The van der Waals surface area contributed by atoms with Crippen molar-refractivity contribution in [3.8, 4) is 0 Å². The molecule has 0 saturated carbocycles. The van der Waals surface area contributed by atoms with Crippen molar-refractivity contribution in [2.45, 2.75) is 39.5 Å². The van der Waals surface area contributed by atoms with Gasteiger partial charge >= 0.3 is 0 Å². The summed E-state index contributed by atoms with van der Waals surface area (Å²) in [7, 11) is 0. The number of rotatable bonds is 4. The third-order valence-corrected chi connectivity index (χ3v) is 6.41. The fourth-order valence-electron chi connectivity index (χ4n) is 3.70. The van der Waals surface area contributed by atoms with Crippen molar-refractivity contribution in [1.29, 1.82) is 0 Å². The molecule has 0 saturated heterocycles. The summed E-state index contributed by atoms with van der Waals surface area (Å²) in [5.41, 5.74) is 5.65. The van der Waals surface area contributed by atoms with Crippen LogP contribution in [0.4, 0.5) is 15.1 Å². The predicted octanol–water partition coefficient (Wildman–Crippen LogP) is 6.39. The monoisotopic (exact) mass is 406 g/mol. The minimum absolute atomic E-state index is 0.109. The van der Waals surface area contributed by atoms with E-state index in [1.165, 1.54) is 17.0 Å². The molecule has 0 fully saturated rings. The van der Waals surface area contributed by atoms with Gasteiger partial charge in [0.1, 0.15) is 10.8 Å². The number of carbonyl (C=O) groups excluding carboxylic acids is 1. The summed E-state index contributed by atoms with van der Waals surface area (Å²) in [5.74, 6) is -0.384. The molecule has 0 atom stereocenters. The van der Waals surface area contributed by atoms with Gasteiger partial charge in [0.25, 0.3) is 5.91 Å². The number of aliphatic imine (C=N–C) groups is 1. The van der Waals surface area contributed by atoms with E-state index in [1.54, 1.807) is 29.7 Å². The van der Waals surface area contributed by atoms with E-state index >= 15 is 0 Å². The van der Waals surface area contributed by atoms with Gasteiger partial charge in [-0.1, -0.05) is 29.8 Å². The molecule has 148 valence electrons. The molecule has 1 aromatic heterocycles. The van der Waals surface area contributed by atoms with Gasteiger partial charge in [-0.3, -0.25) is 4.79 Å². The Balaban J connectivity index is 1.68. The van der Waals surface area contributed by atoms with Crippen LogP contribution in [0.2, 0.25) is 0 Å². The number of nitrogens with zero attached hydrogens (tertiary/aromatic N) is 1. The van der Waals surface area contributed by atoms with Crippen molar-refractivity contribution in [2.24, 2.45) is 4.99 Å². The van der Waals surface area contributed by atoms with Crippen LogP contribution < -0.4 is 5.32 Å². The van der Waals surface area contributed by atoms with Gasteiger partial charge in [-0.15, -0.1) is 11.3 Å². The van der Waals surface area contributed by atoms with Gasteiger partial charge in [-0.2, -0.15) is 0 Å². The van der Waals surface area contributed by atoms with Crippen LogP contribution in [0.15, 0.2) is 47.5 Å². The Bertz CT molecular complexity index is 1080. The number of hydrogen-bond donors (Lipinski definition) is 1. The van der Waals surface area contributed by atoms with E-state index in [0.717, 1.165) is 58.6 Å². The maximum atomic E-state index is 13.2. The lowest BCUT2D eigenvalue weighted by Gasteiger charge is -2.14. The van der Waals surface area contributed by atoms with Crippen LogP contribution >= 0.6 is 11.3 Å². The lowest BCUT2D eigenvalue weighted by Crippen LogP contribution is -2.15. The van der Waals surface area contributed by atoms with E-state index in [4.69, 9.17) is 0 Å². The van der Waals surface area contributed by atoms with E-state index in [9.17, 15) is 9.18 Å². The molecule has 0 bridgehead atoms. The van der Waals surface area contributed by atoms with Crippen molar-refractivity contribution >= 4 is 34.1 Å².